The van der Waals surface area contributed by atoms with Gasteiger partial charge in [0.25, 0.3) is 5.91 Å². The summed E-state index contributed by atoms with van der Waals surface area (Å²) in [5, 5.41) is 11.2. The Kier molecular flexibility index (Phi) is 5.28. The lowest BCUT2D eigenvalue weighted by Gasteiger charge is -2.20. The number of rotatable bonds is 5. The molecule has 0 saturated heterocycles. The van der Waals surface area contributed by atoms with E-state index in [-0.39, 0.29) is 18.0 Å². The van der Waals surface area contributed by atoms with Crippen LogP contribution in [0.5, 0.6) is 0 Å². The molecule has 0 radical (unpaired) electrons. The van der Waals surface area contributed by atoms with Crippen molar-refractivity contribution in [1.29, 1.82) is 0 Å². The molecule has 8 heteroatoms. The van der Waals surface area contributed by atoms with Crippen LogP contribution in [0.3, 0.4) is 0 Å². The molecule has 1 unspecified atom stereocenters. The lowest BCUT2D eigenvalue weighted by Crippen LogP contribution is -2.40. The Morgan fingerprint density at radius 3 is 2.33 bits per heavy atom. The van der Waals surface area contributed by atoms with Gasteiger partial charge in [-0.2, -0.15) is 13.2 Å². The van der Waals surface area contributed by atoms with Crippen molar-refractivity contribution < 1.29 is 27.9 Å². The molecular weight excluding hydrogens is 289 g/mol. The zero-order chi connectivity index (χ0) is 16.2. The van der Waals surface area contributed by atoms with Gasteiger partial charge in [0.2, 0.25) is 0 Å². The zero-order valence-corrected chi connectivity index (χ0v) is 11.4. The first-order valence-corrected chi connectivity index (χ1v) is 6.17. The summed E-state index contributed by atoms with van der Waals surface area (Å²) < 4.78 is 37.1. The molecule has 1 aromatic heterocycles. The Hall–Kier alpha value is -2.12. The number of hydrogen-bond acceptors (Lipinski definition) is 3. The summed E-state index contributed by atoms with van der Waals surface area (Å²) >= 11 is 0. The fourth-order valence-electron chi connectivity index (χ4n) is 1.58. The van der Waals surface area contributed by atoms with E-state index in [2.05, 4.69) is 10.3 Å². The molecule has 5 nitrogen and oxygen atoms in total. The molecule has 0 bridgehead atoms. The van der Waals surface area contributed by atoms with Gasteiger partial charge in [-0.3, -0.25) is 14.6 Å². The summed E-state index contributed by atoms with van der Waals surface area (Å²) in [4.78, 5) is 26.0. The van der Waals surface area contributed by atoms with Crippen molar-refractivity contribution in [1.82, 2.24) is 10.3 Å². The summed E-state index contributed by atoms with van der Waals surface area (Å²) in [6, 6.07) is 1.08. The third-order valence-corrected chi connectivity index (χ3v) is 2.84. The monoisotopic (exact) mass is 304 g/mol. The highest BCUT2D eigenvalue weighted by molar-refractivity contribution is 5.92. The summed E-state index contributed by atoms with van der Waals surface area (Å²) in [6.45, 7) is 3.46. The average Bonchev–Trinajstić information content (AvgIpc) is 2.36. The number of nitrogens with zero attached hydrogens (tertiary/aromatic N) is 1. The number of nitrogens with one attached hydrogen (secondary N) is 1. The molecule has 0 aliphatic rings. The van der Waals surface area contributed by atoms with Crippen LogP contribution >= 0.6 is 0 Å². The largest absolute Gasteiger partial charge is 0.481 e. The van der Waals surface area contributed by atoms with Crippen LogP contribution in [0.1, 0.15) is 36.3 Å². The predicted octanol–water partition coefficient (Wildman–Crippen LogP) is 2.33. The van der Waals surface area contributed by atoms with Crippen LogP contribution in [0.15, 0.2) is 18.3 Å². The Bertz CT molecular complexity index is 512. The van der Waals surface area contributed by atoms with E-state index in [0.717, 1.165) is 12.1 Å². The minimum absolute atomic E-state index is 0.139. The maximum Gasteiger partial charge on any atom is 0.417 e. The normalized spacial score (nSPS) is 13.0. The van der Waals surface area contributed by atoms with Crippen LogP contribution in [0.25, 0.3) is 0 Å². The lowest BCUT2D eigenvalue weighted by molar-refractivity contribution is -0.138. The van der Waals surface area contributed by atoms with Gasteiger partial charge in [-0.25, -0.2) is 0 Å². The molecule has 0 aromatic carbocycles. The van der Waals surface area contributed by atoms with Crippen molar-refractivity contribution in [3.8, 4) is 0 Å². The molecule has 1 atom stereocenters. The molecule has 0 aliphatic carbocycles. The number of carbonyl (C=O) groups excluding carboxylic acids is 1. The second-order valence-electron chi connectivity index (χ2n) is 4.85. The van der Waals surface area contributed by atoms with Crippen LogP contribution in [0, 0.1) is 5.92 Å². The number of aromatic nitrogens is 1. The maximum absolute atomic E-state index is 12.4. The Morgan fingerprint density at radius 2 is 1.95 bits per heavy atom. The predicted molar refractivity (Wildman–Crippen MR) is 67.6 cm³/mol. The van der Waals surface area contributed by atoms with Crippen LogP contribution in [0.4, 0.5) is 13.2 Å². The highest BCUT2D eigenvalue weighted by Crippen LogP contribution is 2.28. The van der Waals surface area contributed by atoms with E-state index in [0.29, 0.717) is 6.20 Å². The van der Waals surface area contributed by atoms with E-state index in [1.807, 2.05) is 0 Å². The van der Waals surface area contributed by atoms with E-state index in [1.165, 1.54) is 0 Å². The Balaban J connectivity index is 2.81. The van der Waals surface area contributed by atoms with Crippen LogP contribution in [-0.4, -0.2) is 28.0 Å². The van der Waals surface area contributed by atoms with E-state index in [1.54, 1.807) is 13.8 Å². The summed E-state index contributed by atoms with van der Waals surface area (Å²) in [6.07, 6.45) is -4.23. The topological polar surface area (TPSA) is 79.3 Å². The quantitative estimate of drug-likeness (QED) is 0.875. The smallest absolute Gasteiger partial charge is 0.417 e. The Labute approximate surface area is 119 Å². The van der Waals surface area contributed by atoms with Crippen LogP contribution in [0.2, 0.25) is 0 Å². The highest BCUT2D eigenvalue weighted by Gasteiger charge is 2.31. The standard InChI is InChI=1S/C13H15F3N2O3/c1-7(2)10(5-11(19)20)18-12(21)9-4-3-8(6-17-9)13(14,15)16/h3-4,6-7,10H,5H2,1-2H3,(H,18,21)(H,19,20). The van der Waals surface area contributed by atoms with Gasteiger partial charge in [0.15, 0.2) is 0 Å². The molecule has 1 rings (SSSR count). The van der Waals surface area contributed by atoms with Gasteiger partial charge < -0.3 is 10.4 Å². The van der Waals surface area contributed by atoms with E-state index in [9.17, 15) is 22.8 Å². The number of amides is 1. The van der Waals surface area contributed by atoms with Crippen molar-refractivity contribution >= 4 is 11.9 Å². The second-order valence-corrected chi connectivity index (χ2v) is 4.85. The van der Waals surface area contributed by atoms with Gasteiger partial charge >= 0.3 is 12.1 Å². The first-order chi connectivity index (χ1) is 9.61. The molecule has 1 amide bonds. The number of alkyl halides is 3. The van der Waals surface area contributed by atoms with Crippen LogP contribution < -0.4 is 5.32 Å². The molecule has 1 heterocycles. The van der Waals surface area contributed by atoms with E-state index < -0.39 is 29.7 Å². The van der Waals surface area contributed by atoms with Gasteiger partial charge in [-0.1, -0.05) is 13.8 Å². The third-order valence-electron chi connectivity index (χ3n) is 2.84. The first kappa shape index (κ1) is 16.9. The number of pyridine rings is 1. The molecule has 0 fully saturated rings. The van der Waals surface area contributed by atoms with Crippen molar-refractivity contribution in [2.45, 2.75) is 32.5 Å². The molecular formula is C13H15F3N2O3. The molecule has 21 heavy (non-hydrogen) atoms. The highest BCUT2D eigenvalue weighted by atomic mass is 19.4. The van der Waals surface area contributed by atoms with Gasteiger partial charge in [0.05, 0.1) is 12.0 Å². The second kappa shape index (κ2) is 6.55. The maximum atomic E-state index is 12.4. The molecule has 2 N–H and O–H groups in total. The first-order valence-electron chi connectivity index (χ1n) is 6.17. The lowest BCUT2D eigenvalue weighted by atomic mass is 10.0. The fraction of sp³-hybridized carbons (Fsp3) is 0.462. The molecule has 1 aromatic rings. The van der Waals surface area contributed by atoms with Gasteiger partial charge in [-0.05, 0) is 18.1 Å². The van der Waals surface area contributed by atoms with Crippen molar-refractivity contribution in [3.63, 3.8) is 0 Å². The molecule has 0 saturated carbocycles. The number of hydrogen-bond donors (Lipinski definition) is 2. The summed E-state index contributed by atoms with van der Waals surface area (Å²) in [5.41, 5.74) is -1.15. The number of aliphatic carboxylic acids is 1. The number of carboxylic acids is 1. The number of carbonyl (C=O) groups is 2. The molecule has 116 valence electrons. The third kappa shape index (κ3) is 5.05. The molecule has 0 aliphatic heterocycles. The number of halogens is 3. The SMILES string of the molecule is CC(C)C(CC(=O)O)NC(=O)c1ccc(C(F)(F)F)cn1. The Morgan fingerprint density at radius 1 is 1.33 bits per heavy atom. The minimum Gasteiger partial charge on any atom is -0.481 e. The van der Waals surface area contributed by atoms with E-state index in [4.69, 9.17) is 5.11 Å². The minimum atomic E-state index is -4.52. The van der Waals surface area contributed by atoms with E-state index >= 15 is 0 Å². The fourth-order valence-corrected chi connectivity index (χ4v) is 1.58. The van der Waals surface area contributed by atoms with Crippen molar-refractivity contribution in [3.05, 3.63) is 29.6 Å². The number of carboxylic acid groups (broad SMARTS) is 1. The van der Waals surface area contributed by atoms with Gasteiger partial charge in [0, 0.05) is 12.2 Å². The summed E-state index contributed by atoms with van der Waals surface area (Å²) in [7, 11) is 0. The summed E-state index contributed by atoms with van der Waals surface area (Å²) in [5.74, 6) is -1.92. The van der Waals surface area contributed by atoms with Crippen molar-refractivity contribution in [2.24, 2.45) is 5.92 Å². The average molecular weight is 304 g/mol. The molecule has 0 spiro atoms. The van der Waals surface area contributed by atoms with Gasteiger partial charge in [0.1, 0.15) is 5.69 Å². The van der Waals surface area contributed by atoms with Gasteiger partial charge in [-0.15, -0.1) is 0 Å². The van der Waals surface area contributed by atoms with Crippen LogP contribution in [-0.2, 0) is 11.0 Å². The zero-order valence-electron chi connectivity index (χ0n) is 11.4. The van der Waals surface area contributed by atoms with Crippen molar-refractivity contribution in [2.75, 3.05) is 0 Å².